The number of carbonyl (C=O) groups is 1. The summed E-state index contributed by atoms with van der Waals surface area (Å²) in [6.45, 7) is 1.18. The van der Waals surface area contributed by atoms with E-state index in [0.29, 0.717) is 18.8 Å². The molecule has 0 spiro atoms. The van der Waals surface area contributed by atoms with Gasteiger partial charge in [0, 0.05) is 30.8 Å². The van der Waals surface area contributed by atoms with E-state index in [4.69, 9.17) is 14.5 Å². The first-order valence-electron chi connectivity index (χ1n) is 10.2. The van der Waals surface area contributed by atoms with Gasteiger partial charge in [-0.15, -0.1) is 0 Å². The Kier molecular flexibility index (Phi) is 6.40. The molecule has 1 amide bonds. The zero-order chi connectivity index (χ0) is 21.6. The molecule has 1 fully saturated rings. The van der Waals surface area contributed by atoms with Gasteiger partial charge >= 0.3 is 0 Å². The van der Waals surface area contributed by atoms with Crippen LogP contribution < -0.4 is 9.47 Å². The van der Waals surface area contributed by atoms with E-state index in [0.717, 1.165) is 35.5 Å². The molecule has 0 N–H and O–H groups in total. The molecule has 0 saturated carbocycles. The molecule has 6 nitrogen and oxygen atoms in total. The van der Waals surface area contributed by atoms with Crippen LogP contribution in [0.25, 0.3) is 11.3 Å². The molecule has 4 rings (SSSR count). The third-order valence-corrected chi connectivity index (χ3v) is 5.39. The number of halogens is 1. The minimum absolute atomic E-state index is 0.0755. The number of likely N-dealkylation sites (tertiary alicyclic amines) is 1. The van der Waals surface area contributed by atoms with Crippen molar-refractivity contribution in [3.63, 3.8) is 0 Å². The highest BCUT2D eigenvalue weighted by Crippen LogP contribution is 2.28. The second kappa shape index (κ2) is 9.55. The van der Waals surface area contributed by atoms with Crippen LogP contribution in [0.2, 0.25) is 0 Å². The summed E-state index contributed by atoms with van der Waals surface area (Å²) in [6.07, 6.45) is 5.34. The number of piperidine rings is 1. The van der Waals surface area contributed by atoms with Gasteiger partial charge in [0.05, 0.1) is 24.7 Å². The molecule has 2 heterocycles. The van der Waals surface area contributed by atoms with Gasteiger partial charge in [-0.25, -0.2) is 9.37 Å². The van der Waals surface area contributed by atoms with Crippen molar-refractivity contribution in [1.29, 1.82) is 0 Å². The summed E-state index contributed by atoms with van der Waals surface area (Å²) < 4.78 is 23.8. The predicted molar refractivity (Wildman–Crippen MR) is 114 cm³/mol. The minimum atomic E-state index is -0.338. The lowest BCUT2D eigenvalue weighted by molar-refractivity contribution is -0.134. The molecular weight excluding hydrogens is 397 g/mol. The average molecular weight is 421 g/mol. The fourth-order valence-electron chi connectivity index (χ4n) is 3.71. The number of aromatic nitrogens is 2. The lowest BCUT2D eigenvalue weighted by atomic mass is 9.94. The molecule has 0 radical (unpaired) electrons. The van der Waals surface area contributed by atoms with E-state index in [1.54, 1.807) is 24.4 Å². The van der Waals surface area contributed by atoms with Gasteiger partial charge in [0.15, 0.2) is 6.61 Å². The normalized spacial score (nSPS) is 16.1. The molecule has 160 valence electrons. The first-order valence-corrected chi connectivity index (χ1v) is 10.2. The van der Waals surface area contributed by atoms with Gasteiger partial charge in [0.2, 0.25) is 0 Å². The van der Waals surface area contributed by atoms with Crippen molar-refractivity contribution in [2.24, 2.45) is 0 Å². The first-order chi connectivity index (χ1) is 15.1. The summed E-state index contributed by atoms with van der Waals surface area (Å²) in [6, 6.07) is 13.4. The SMILES string of the molecule is COc1cccc(-c2cncc([C@@H]3CCCN(C(=O)COc4ccc(F)cc4)C3)n2)c1. The molecule has 1 aromatic heterocycles. The van der Waals surface area contributed by atoms with Crippen molar-refractivity contribution in [1.82, 2.24) is 14.9 Å². The molecule has 7 heteroatoms. The molecule has 1 aliphatic rings. The molecule has 3 aromatic rings. The quantitative estimate of drug-likeness (QED) is 0.600. The van der Waals surface area contributed by atoms with Crippen molar-refractivity contribution < 1.29 is 18.7 Å². The second-order valence-corrected chi connectivity index (χ2v) is 7.48. The van der Waals surface area contributed by atoms with E-state index in [2.05, 4.69) is 4.98 Å². The number of carbonyl (C=O) groups excluding carboxylic acids is 1. The van der Waals surface area contributed by atoms with Gasteiger partial charge in [0.25, 0.3) is 5.91 Å². The number of nitrogens with zero attached hydrogens (tertiary/aromatic N) is 3. The number of ether oxygens (including phenoxy) is 2. The van der Waals surface area contributed by atoms with Crippen molar-refractivity contribution in [2.45, 2.75) is 18.8 Å². The molecule has 1 saturated heterocycles. The number of methoxy groups -OCH3 is 1. The Balaban J connectivity index is 1.42. The van der Waals surface area contributed by atoms with Crippen LogP contribution in [-0.2, 0) is 4.79 Å². The fraction of sp³-hybridized carbons (Fsp3) is 0.292. The summed E-state index contributed by atoms with van der Waals surface area (Å²) in [5.41, 5.74) is 2.59. The molecule has 0 aliphatic carbocycles. The van der Waals surface area contributed by atoms with Crippen LogP contribution in [0.4, 0.5) is 4.39 Å². The smallest absolute Gasteiger partial charge is 0.260 e. The third-order valence-electron chi connectivity index (χ3n) is 5.39. The molecular formula is C24H24FN3O3. The summed E-state index contributed by atoms with van der Waals surface area (Å²) >= 11 is 0. The average Bonchev–Trinajstić information content (AvgIpc) is 2.83. The van der Waals surface area contributed by atoms with Crippen molar-refractivity contribution in [3.05, 3.63) is 72.4 Å². The van der Waals surface area contributed by atoms with E-state index < -0.39 is 0 Å². The first kappa shape index (κ1) is 20.8. The standard InChI is InChI=1S/C24H24FN3O3/c1-30-21-6-2-4-17(12-21)22-13-26-14-23(27-22)18-5-3-11-28(15-18)24(29)16-31-20-9-7-19(25)8-10-20/h2,4,6-10,12-14,18H,3,5,11,15-16H2,1H3/t18-/m1/s1. The van der Waals surface area contributed by atoms with Crippen LogP contribution in [-0.4, -0.2) is 47.6 Å². The van der Waals surface area contributed by atoms with E-state index in [-0.39, 0.29) is 24.2 Å². The molecule has 0 bridgehead atoms. The van der Waals surface area contributed by atoms with E-state index >= 15 is 0 Å². The van der Waals surface area contributed by atoms with Gasteiger partial charge in [-0.3, -0.25) is 9.78 Å². The summed E-state index contributed by atoms with van der Waals surface area (Å²) in [5.74, 6) is 0.919. The van der Waals surface area contributed by atoms with Gasteiger partial charge in [-0.1, -0.05) is 12.1 Å². The van der Waals surface area contributed by atoms with Crippen LogP contribution in [0.3, 0.4) is 0 Å². The topological polar surface area (TPSA) is 64.5 Å². The lowest BCUT2D eigenvalue weighted by Crippen LogP contribution is -2.41. The molecule has 2 aromatic carbocycles. The van der Waals surface area contributed by atoms with Gasteiger partial charge in [-0.2, -0.15) is 0 Å². The van der Waals surface area contributed by atoms with Crippen molar-refractivity contribution in [3.8, 4) is 22.8 Å². The summed E-state index contributed by atoms with van der Waals surface area (Å²) in [4.78, 5) is 23.7. The molecule has 0 unspecified atom stereocenters. The van der Waals surface area contributed by atoms with Crippen LogP contribution in [0, 0.1) is 5.82 Å². The van der Waals surface area contributed by atoms with Crippen LogP contribution in [0.5, 0.6) is 11.5 Å². The summed E-state index contributed by atoms with van der Waals surface area (Å²) in [7, 11) is 1.63. The Morgan fingerprint density at radius 2 is 2.00 bits per heavy atom. The largest absolute Gasteiger partial charge is 0.497 e. The molecule has 1 aliphatic heterocycles. The maximum Gasteiger partial charge on any atom is 0.260 e. The minimum Gasteiger partial charge on any atom is -0.497 e. The van der Waals surface area contributed by atoms with Gasteiger partial charge < -0.3 is 14.4 Å². The highest BCUT2D eigenvalue weighted by molar-refractivity contribution is 5.78. The van der Waals surface area contributed by atoms with Gasteiger partial charge in [-0.05, 0) is 49.2 Å². The lowest BCUT2D eigenvalue weighted by Gasteiger charge is -2.32. The number of benzene rings is 2. The maximum absolute atomic E-state index is 13.0. The number of hydrogen-bond donors (Lipinski definition) is 0. The maximum atomic E-state index is 13.0. The number of hydrogen-bond acceptors (Lipinski definition) is 5. The Hall–Kier alpha value is -3.48. The van der Waals surface area contributed by atoms with Gasteiger partial charge in [0.1, 0.15) is 17.3 Å². The predicted octanol–water partition coefficient (Wildman–Crippen LogP) is 4.08. The monoisotopic (exact) mass is 421 g/mol. The Bertz CT molecular complexity index is 1040. The highest BCUT2D eigenvalue weighted by atomic mass is 19.1. The Morgan fingerprint density at radius 3 is 2.81 bits per heavy atom. The van der Waals surface area contributed by atoms with Crippen LogP contribution in [0.15, 0.2) is 60.9 Å². The third kappa shape index (κ3) is 5.17. The zero-order valence-electron chi connectivity index (χ0n) is 17.3. The fourth-order valence-corrected chi connectivity index (χ4v) is 3.71. The number of amides is 1. The van der Waals surface area contributed by atoms with Crippen molar-refractivity contribution >= 4 is 5.91 Å². The number of rotatable bonds is 6. The summed E-state index contributed by atoms with van der Waals surface area (Å²) in [5, 5.41) is 0. The van der Waals surface area contributed by atoms with E-state index in [1.165, 1.54) is 24.3 Å². The second-order valence-electron chi connectivity index (χ2n) is 7.48. The molecule has 31 heavy (non-hydrogen) atoms. The van der Waals surface area contributed by atoms with E-state index in [9.17, 15) is 9.18 Å². The highest BCUT2D eigenvalue weighted by Gasteiger charge is 2.26. The van der Waals surface area contributed by atoms with Crippen LogP contribution in [0.1, 0.15) is 24.5 Å². The van der Waals surface area contributed by atoms with Crippen LogP contribution >= 0.6 is 0 Å². The zero-order valence-corrected chi connectivity index (χ0v) is 17.3. The Morgan fingerprint density at radius 1 is 1.16 bits per heavy atom. The Labute approximate surface area is 180 Å². The van der Waals surface area contributed by atoms with Crippen molar-refractivity contribution in [2.75, 3.05) is 26.8 Å². The molecule has 1 atom stereocenters. The van der Waals surface area contributed by atoms with E-state index in [1.807, 2.05) is 24.3 Å².